The third kappa shape index (κ3) is 5.25. The van der Waals surface area contributed by atoms with Crippen LogP contribution in [0.4, 0.5) is 5.69 Å². The minimum atomic E-state index is -0.301. The molecular weight excluding hydrogens is 374 g/mol. The van der Waals surface area contributed by atoms with Crippen molar-refractivity contribution in [3.63, 3.8) is 0 Å². The molecular formula is C22H29NO6. The molecule has 0 aliphatic heterocycles. The van der Waals surface area contributed by atoms with Crippen LogP contribution in [0.25, 0.3) is 0 Å². The fraction of sp³-hybridized carbons (Fsp3) is 0.409. The summed E-state index contributed by atoms with van der Waals surface area (Å²) in [6.45, 7) is 8.83. The summed E-state index contributed by atoms with van der Waals surface area (Å²) < 4.78 is 27.7. The zero-order valence-electron chi connectivity index (χ0n) is 17.9. The zero-order chi connectivity index (χ0) is 21.4. The molecule has 7 heteroatoms. The Hall–Kier alpha value is -3.09. The van der Waals surface area contributed by atoms with Gasteiger partial charge in [0.1, 0.15) is 0 Å². The molecule has 0 bridgehead atoms. The Kier molecular flexibility index (Phi) is 8.00. The number of hydrogen-bond acceptors (Lipinski definition) is 6. The maximum atomic E-state index is 13.0. The zero-order valence-corrected chi connectivity index (χ0v) is 17.9. The average molecular weight is 403 g/mol. The fourth-order valence-corrected chi connectivity index (χ4v) is 2.83. The van der Waals surface area contributed by atoms with Crippen LogP contribution >= 0.6 is 0 Å². The number of carbonyl (C=O) groups excluding carboxylic acids is 1. The first-order valence-electron chi connectivity index (χ1n) is 9.59. The first-order chi connectivity index (χ1) is 14.0. The van der Waals surface area contributed by atoms with Crippen LogP contribution in [0, 0.1) is 6.92 Å². The van der Waals surface area contributed by atoms with Gasteiger partial charge in [-0.25, -0.2) is 0 Å². The molecule has 29 heavy (non-hydrogen) atoms. The molecule has 0 fully saturated rings. The normalized spacial score (nSPS) is 10.3. The molecule has 0 heterocycles. The fourth-order valence-electron chi connectivity index (χ4n) is 2.83. The first-order valence-corrected chi connectivity index (χ1v) is 9.59. The number of benzene rings is 2. The predicted molar refractivity (Wildman–Crippen MR) is 112 cm³/mol. The van der Waals surface area contributed by atoms with E-state index in [2.05, 4.69) is 5.32 Å². The summed E-state index contributed by atoms with van der Waals surface area (Å²) >= 11 is 0. The second kappa shape index (κ2) is 10.5. The molecule has 1 amide bonds. The van der Waals surface area contributed by atoms with E-state index < -0.39 is 0 Å². The van der Waals surface area contributed by atoms with Crippen LogP contribution in [-0.4, -0.2) is 39.9 Å². The summed E-state index contributed by atoms with van der Waals surface area (Å²) in [5.41, 5.74) is 1.86. The van der Waals surface area contributed by atoms with Crippen molar-refractivity contribution < 1.29 is 28.5 Å². The number of aryl methyl sites for hydroxylation is 1. The summed E-state index contributed by atoms with van der Waals surface area (Å²) in [5.74, 6) is 2.26. The molecule has 0 atom stereocenters. The highest BCUT2D eigenvalue weighted by atomic mass is 16.5. The third-order valence-corrected chi connectivity index (χ3v) is 4.15. The van der Waals surface area contributed by atoms with Gasteiger partial charge < -0.3 is 29.0 Å². The second-order valence-corrected chi connectivity index (χ2v) is 6.08. The number of nitrogens with one attached hydrogen (secondary N) is 1. The average Bonchev–Trinajstić information content (AvgIpc) is 2.71. The molecule has 0 aromatic heterocycles. The van der Waals surface area contributed by atoms with Gasteiger partial charge in [0.05, 0.1) is 34.0 Å². The highest BCUT2D eigenvalue weighted by Crippen LogP contribution is 2.39. The molecule has 7 nitrogen and oxygen atoms in total. The van der Waals surface area contributed by atoms with Gasteiger partial charge in [-0.15, -0.1) is 0 Å². The van der Waals surface area contributed by atoms with E-state index in [9.17, 15) is 4.79 Å². The number of anilines is 1. The van der Waals surface area contributed by atoms with Crippen molar-refractivity contribution >= 4 is 11.6 Å². The number of methoxy groups -OCH3 is 2. The second-order valence-electron chi connectivity index (χ2n) is 6.08. The van der Waals surface area contributed by atoms with Gasteiger partial charge in [0, 0.05) is 17.3 Å². The Bertz CT molecular complexity index is 822. The van der Waals surface area contributed by atoms with Gasteiger partial charge >= 0.3 is 0 Å². The standard InChI is InChI=1S/C22H29NO6/c1-7-27-19-11-15(12-20(28-8-2)21(19)29-9-3)22(24)23-16-13-18(26-6)17(25-5)10-14(16)4/h10-13H,7-9H2,1-6H3,(H,23,24). The van der Waals surface area contributed by atoms with E-state index in [0.717, 1.165) is 5.56 Å². The molecule has 0 radical (unpaired) electrons. The molecule has 0 unspecified atom stereocenters. The van der Waals surface area contributed by atoms with Gasteiger partial charge in [0.2, 0.25) is 5.75 Å². The summed E-state index contributed by atoms with van der Waals surface area (Å²) in [5, 5.41) is 2.92. The molecule has 0 aliphatic rings. The van der Waals surface area contributed by atoms with E-state index in [0.29, 0.717) is 59.8 Å². The van der Waals surface area contributed by atoms with Crippen LogP contribution in [-0.2, 0) is 0 Å². The minimum Gasteiger partial charge on any atom is -0.493 e. The Morgan fingerprint density at radius 2 is 1.31 bits per heavy atom. The lowest BCUT2D eigenvalue weighted by Gasteiger charge is -2.18. The molecule has 2 aromatic carbocycles. The highest BCUT2D eigenvalue weighted by Gasteiger charge is 2.19. The first kappa shape index (κ1) is 22.2. The monoisotopic (exact) mass is 403 g/mol. The summed E-state index contributed by atoms with van der Waals surface area (Å²) in [6, 6.07) is 6.85. The van der Waals surface area contributed by atoms with Crippen molar-refractivity contribution in [1.82, 2.24) is 0 Å². The van der Waals surface area contributed by atoms with Crippen LogP contribution in [0.3, 0.4) is 0 Å². The van der Waals surface area contributed by atoms with E-state index in [1.54, 1.807) is 32.4 Å². The van der Waals surface area contributed by atoms with Crippen molar-refractivity contribution in [1.29, 1.82) is 0 Å². The van der Waals surface area contributed by atoms with E-state index in [-0.39, 0.29) is 5.91 Å². The van der Waals surface area contributed by atoms with Gasteiger partial charge in [0.15, 0.2) is 23.0 Å². The number of hydrogen-bond donors (Lipinski definition) is 1. The molecule has 0 spiro atoms. The lowest BCUT2D eigenvalue weighted by atomic mass is 10.1. The Labute approximate surface area is 171 Å². The Morgan fingerprint density at radius 3 is 1.79 bits per heavy atom. The molecule has 0 saturated heterocycles. The van der Waals surface area contributed by atoms with E-state index in [1.165, 1.54) is 0 Å². The molecule has 2 aromatic rings. The van der Waals surface area contributed by atoms with Crippen molar-refractivity contribution in [2.24, 2.45) is 0 Å². The van der Waals surface area contributed by atoms with Crippen LogP contribution in [0.2, 0.25) is 0 Å². The summed E-state index contributed by atoms with van der Waals surface area (Å²) in [6.07, 6.45) is 0. The third-order valence-electron chi connectivity index (χ3n) is 4.15. The van der Waals surface area contributed by atoms with Gasteiger partial charge in [-0.2, -0.15) is 0 Å². The van der Waals surface area contributed by atoms with Crippen molar-refractivity contribution in [3.05, 3.63) is 35.4 Å². The number of rotatable bonds is 10. The van der Waals surface area contributed by atoms with Crippen LogP contribution < -0.4 is 29.0 Å². The number of ether oxygens (including phenoxy) is 5. The Balaban J connectivity index is 2.42. The van der Waals surface area contributed by atoms with Gasteiger partial charge in [-0.3, -0.25) is 4.79 Å². The maximum Gasteiger partial charge on any atom is 0.255 e. The minimum absolute atomic E-state index is 0.301. The molecule has 158 valence electrons. The molecule has 0 aliphatic carbocycles. The summed E-state index contributed by atoms with van der Waals surface area (Å²) in [4.78, 5) is 13.0. The van der Waals surface area contributed by atoms with Crippen LogP contribution in [0.1, 0.15) is 36.7 Å². The van der Waals surface area contributed by atoms with Crippen molar-refractivity contribution in [3.8, 4) is 28.7 Å². The Morgan fingerprint density at radius 1 is 0.793 bits per heavy atom. The quantitative estimate of drug-likeness (QED) is 0.631. The molecule has 2 rings (SSSR count). The predicted octanol–water partition coefficient (Wildman–Crippen LogP) is 4.46. The van der Waals surface area contributed by atoms with Gasteiger partial charge in [0.25, 0.3) is 5.91 Å². The van der Waals surface area contributed by atoms with E-state index in [4.69, 9.17) is 23.7 Å². The lowest BCUT2D eigenvalue weighted by Crippen LogP contribution is -2.14. The lowest BCUT2D eigenvalue weighted by molar-refractivity contribution is 0.102. The SMILES string of the molecule is CCOc1cc(C(=O)Nc2cc(OC)c(OC)cc2C)cc(OCC)c1OCC. The largest absolute Gasteiger partial charge is 0.493 e. The molecule has 1 N–H and O–H groups in total. The van der Waals surface area contributed by atoms with Crippen molar-refractivity contribution in [2.45, 2.75) is 27.7 Å². The smallest absolute Gasteiger partial charge is 0.255 e. The van der Waals surface area contributed by atoms with E-state index >= 15 is 0 Å². The van der Waals surface area contributed by atoms with Gasteiger partial charge in [-0.05, 0) is 51.5 Å². The number of amides is 1. The van der Waals surface area contributed by atoms with E-state index in [1.807, 2.05) is 33.8 Å². The summed E-state index contributed by atoms with van der Waals surface area (Å²) in [7, 11) is 3.12. The van der Waals surface area contributed by atoms with Crippen LogP contribution in [0.15, 0.2) is 24.3 Å². The van der Waals surface area contributed by atoms with Crippen LogP contribution in [0.5, 0.6) is 28.7 Å². The van der Waals surface area contributed by atoms with Crippen molar-refractivity contribution in [2.75, 3.05) is 39.4 Å². The topological polar surface area (TPSA) is 75.3 Å². The van der Waals surface area contributed by atoms with Gasteiger partial charge in [-0.1, -0.05) is 0 Å². The maximum absolute atomic E-state index is 13.0. The molecule has 0 saturated carbocycles. The number of carbonyl (C=O) groups is 1. The highest BCUT2D eigenvalue weighted by molar-refractivity contribution is 6.05.